The van der Waals surface area contributed by atoms with Crippen LogP contribution >= 0.6 is 0 Å². The van der Waals surface area contributed by atoms with Crippen molar-refractivity contribution in [3.05, 3.63) is 0 Å². The lowest BCUT2D eigenvalue weighted by Crippen LogP contribution is -2.40. The number of nitriles is 1. The summed E-state index contributed by atoms with van der Waals surface area (Å²) < 4.78 is 0. The lowest BCUT2D eigenvalue weighted by Gasteiger charge is -2.35. The normalized spacial score (nSPS) is 29.7. The van der Waals surface area contributed by atoms with Crippen LogP contribution in [0.25, 0.3) is 0 Å². The van der Waals surface area contributed by atoms with E-state index in [0.29, 0.717) is 0 Å². The Morgan fingerprint density at radius 1 is 1.47 bits per heavy atom. The first kappa shape index (κ1) is 12.5. The molecule has 0 aromatic carbocycles. The van der Waals surface area contributed by atoms with Gasteiger partial charge in [0, 0.05) is 13.1 Å². The van der Waals surface area contributed by atoms with Gasteiger partial charge in [0.05, 0.1) is 12.1 Å². The molecule has 1 aliphatic heterocycles. The van der Waals surface area contributed by atoms with Crippen molar-refractivity contribution in [1.82, 2.24) is 10.2 Å². The van der Waals surface area contributed by atoms with Gasteiger partial charge in [-0.15, -0.1) is 0 Å². The molecular formula is C12H23N3. The first-order chi connectivity index (χ1) is 7.17. The third kappa shape index (κ3) is 3.81. The highest BCUT2D eigenvalue weighted by Gasteiger charge is 2.22. The van der Waals surface area contributed by atoms with Crippen LogP contribution in [0.5, 0.6) is 0 Å². The number of piperidine rings is 1. The molecule has 0 saturated carbocycles. The van der Waals surface area contributed by atoms with Crippen molar-refractivity contribution in [1.29, 1.82) is 5.26 Å². The van der Waals surface area contributed by atoms with E-state index >= 15 is 0 Å². The minimum Gasteiger partial charge on any atom is -0.305 e. The molecule has 3 nitrogen and oxygen atoms in total. The predicted molar refractivity (Wildman–Crippen MR) is 62.5 cm³/mol. The summed E-state index contributed by atoms with van der Waals surface area (Å²) in [6.07, 6.45) is 2.24. The maximum absolute atomic E-state index is 8.82. The van der Waals surface area contributed by atoms with E-state index in [4.69, 9.17) is 5.26 Å². The molecule has 1 rings (SSSR count). The number of likely N-dealkylation sites (tertiary alicyclic amines) is 1. The molecule has 3 unspecified atom stereocenters. The molecule has 1 heterocycles. The van der Waals surface area contributed by atoms with Crippen LogP contribution in [0, 0.1) is 23.2 Å². The van der Waals surface area contributed by atoms with Gasteiger partial charge in [-0.1, -0.05) is 13.8 Å². The van der Waals surface area contributed by atoms with Crippen LogP contribution in [0.3, 0.4) is 0 Å². The molecule has 3 atom stereocenters. The van der Waals surface area contributed by atoms with Crippen LogP contribution in [0.1, 0.15) is 26.7 Å². The van der Waals surface area contributed by atoms with E-state index < -0.39 is 0 Å². The first-order valence-corrected chi connectivity index (χ1v) is 5.96. The minimum atomic E-state index is 0.0136. The summed E-state index contributed by atoms with van der Waals surface area (Å²) in [6.45, 7) is 8.12. The maximum atomic E-state index is 8.82. The van der Waals surface area contributed by atoms with Crippen molar-refractivity contribution < 1.29 is 0 Å². The summed E-state index contributed by atoms with van der Waals surface area (Å²) in [5.74, 6) is 1.66. The van der Waals surface area contributed by atoms with Crippen LogP contribution in [0.2, 0.25) is 0 Å². The molecule has 15 heavy (non-hydrogen) atoms. The van der Waals surface area contributed by atoms with Gasteiger partial charge in [0.2, 0.25) is 0 Å². The average Bonchev–Trinajstić information content (AvgIpc) is 2.24. The van der Waals surface area contributed by atoms with Crippen molar-refractivity contribution in [2.45, 2.75) is 32.7 Å². The van der Waals surface area contributed by atoms with E-state index in [0.717, 1.165) is 24.8 Å². The molecule has 0 amide bonds. The van der Waals surface area contributed by atoms with Gasteiger partial charge in [-0.3, -0.25) is 0 Å². The summed E-state index contributed by atoms with van der Waals surface area (Å²) in [6, 6.07) is 2.29. The van der Waals surface area contributed by atoms with E-state index in [2.05, 4.69) is 30.1 Å². The number of nitrogens with zero attached hydrogens (tertiary/aromatic N) is 2. The molecule has 0 radical (unpaired) electrons. The molecular weight excluding hydrogens is 186 g/mol. The van der Waals surface area contributed by atoms with Crippen LogP contribution in [-0.4, -0.2) is 37.6 Å². The number of hydrogen-bond donors (Lipinski definition) is 1. The molecule has 1 fully saturated rings. The molecule has 1 aliphatic rings. The summed E-state index contributed by atoms with van der Waals surface area (Å²) in [4.78, 5) is 2.49. The van der Waals surface area contributed by atoms with Crippen LogP contribution in [-0.2, 0) is 0 Å². The van der Waals surface area contributed by atoms with Gasteiger partial charge >= 0.3 is 0 Å². The highest BCUT2D eigenvalue weighted by Crippen LogP contribution is 2.22. The average molecular weight is 209 g/mol. The van der Waals surface area contributed by atoms with Crippen LogP contribution in [0.4, 0.5) is 0 Å². The Balaban J connectivity index is 2.25. The topological polar surface area (TPSA) is 39.1 Å². The zero-order chi connectivity index (χ0) is 11.3. The third-order valence-electron chi connectivity index (χ3n) is 3.66. The Bertz CT molecular complexity index is 221. The van der Waals surface area contributed by atoms with Crippen molar-refractivity contribution >= 4 is 0 Å². The van der Waals surface area contributed by atoms with Crippen molar-refractivity contribution in [2.24, 2.45) is 11.8 Å². The second-order valence-electron chi connectivity index (χ2n) is 4.80. The molecule has 0 spiro atoms. The standard InChI is InChI=1S/C12H23N3/c1-10-4-6-15(9-11(10)2)7-5-12(8-13)14-3/h10-12,14H,4-7,9H2,1-3H3. The highest BCUT2D eigenvalue weighted by atomic mass is 15.1. The van der Waals surface area contributed by atoms with Gasteiger partial charge in [-0.05, 0) is 38.3 Å². The lowest BCUT2D eigenvalue weighted by atomic mass is 9.88. The zero-order valence-corrected chi connectivity index (χ0v) is 10.2. The summed E-state index contributed by atoms with van der Waals surface area (Å²) in [5, 5.41) is 11.8. The van der Waals surface area contributed by atoms with Crippen molar-refractivity contribution in [3.63, 3.8) is 0 Å². The third-order valence-corrected chi connectivity index (χ3v) is 3.66. The number of rotatable bonds is 4. The molecule has 0 aromatic heterocycles. The molecule has 0 aliphatic carbocycles. The summed E-state index contributed by atoms with van der Waals surface area (Å²) >= 11 is 0. The highest BCUT2D eigenvalue weighted by molar-refractivity contribution is 4.89. The lowest BCUT2D eigenvalue weighted by molar-refractivity contribution is 0.135. The number of nitrogens with one attached hydrogen (secondary N) is 1. The molecule has 0 aromatic rings. The minimum absolute atomic E-state index is 0.0136. The van der Waals surface area contributed by atoms with Gasteiger partial charge < -0.3 is 10.2 Å². The van der Waals surface area contributed by atoms with E-state index in [1.54, 1.807) is 0 Å². The summed E-state index contributed by atoms with van der Waals surface area (Å²) in [7, 11) is 1.86. The fraction of sp³-hybridized carbons (Fsp3) is 0.917. The summed E-state index contributed by atoms with van der Waals surface area (Å²) in [5.41, 5.74) is 0. The Morgan fingerprint density at radius 3 is 2.73 bits per heavy atom. The van der Waals surface area contributed by atoms with Gasteiger partial charge in [-0.25, -0.2) is 0 Å². The first-order valence-electron chi connectivity index (χ1n) is 5.96. The van der Waals surface area contributed by atoms with Crippen molar-refractivity contribution in [3.8, 4) is 6.07 Å². The largest absolute Gasteiger partial charge is 0.305 e. The molecule has 86 valence electrons. The Kier molecular flexibility index (Phi) is 5.07. The second kappa shape index (κ2) is 6.09. The molecule has 0 bridgehead atoms. The fourth-order valence-corrected chi connectivity index (χ4v) is 2.14. The van der Waals surface area contributed by atoms with Gasteiger partial charge in [0.25, 0.3) is 0 Å². The smallest absolute Gasteiger partial charge is 0.0962 e. The van der Waals surface area contributed by atoms with E-state index in [1.165, 1.54) is 19.5 Å². The van der Waals surface area contributed by atoms with E-state index in [1.807, 2.05) is 7.05 Å². The quantitative estimate of drug-likeness (QED) is 0.762. The van der Waals surface area contributed by atoms with E-state index in [9.17, 15) is 0 Å². The number of hydrogen-bond acceptors (Lipinski definition) is 3. The van der Waals surface area contributed by atoms with Crippen LogP contribution < -0.4 is 5.32 Å². The Hall–Kier alpha value is -0.590. The SMILES string of the molecule is CNC(C#N)CCN1CCC(C)C(C)C1. The Labute approximate surface area is 93.5 Å². The second-order valence-corrected chi connectivity index (χ2v) is 4.80. The van der Waals surface area contributed by atoms with Crippen molar-refractivity contribution in [2.75, 3.05) is 26.7 Å². The Morgan fingerprint density at radius 2 is 2.20 bits per heavy atom. The van der Waals surface area contributed by atoms with Gasteiger partial charge in [-0.2, -0.15) is 5.26 Å². The molecule has 3 heteroatoms. The van der Waals surface area contributed by atoms with Gasteiger partial charge in [0.1, 0.15) is 0 Å². The molecule has 1 saturated heterocycles. The maximum Gasteiger partial charge on any atom is 0.0962 e. The molecule has 1 N–H and O–H groups in total. The fourth-order valence-electron chi connectivity index (χ4n) is 2.14. The van der Waals surface area contributed by atoms with Crippen LogP contribution in [0.15, 0.2) is 0 Å². The monoisotopic (exact) mass is 209 g/mol. The predicted octanol–water partition coefficient (Wildman–Crippen LogP) is 1.47. The zero-order valence-electron chi connectivity index (χ0n) is 10.2. The van der Waals surface area contributed by atoms with E-state index in [-0.39, 0.29) is 6.04 Å². The van der Waals surface area contributed by atoms with Gasteiger partial charge in [0.15, 0.2) is 0 Å².